The molecule has 0 amide bonds. The summed E-state index contributed by atoms with van der Waals surface area (Å²) < 4.78 is 32.5. The van der Waals surface area contributed by atoms with Crippen LogP contribution in [0.2, 0.25) is 0 Å². The Kier molecular flexibility index (Phi) is 4.24. The van der Waals surface area contributed by atoms with Gasteiger partial charge in [-0.1, -0.05) is 24.3 Å². The second kappa shape index (κ2) is 6.72. The maximum absolute atomic E-state index is 13.3. The average molecular weight is 363 g/mol. The zero-order chi connectivity index (χ0) is 18.9. The Morgan fingerprint density at radius 3 is 2.48 bits per heavy atom. The van der Waals surface area contributed by atoms with Crippen LogP contribution in [0.4, 0.5) is 8.78 Å². The number of hydrogen-bond acceptors (Lipinski definition) is 4. The SMILES string of the molecule is CC(F)(F)c1ccc(Oc2ncccc2-c2cncc3ccccc23)cn1. The highest BCUT2D eigenvalue weighted by atomic mass is 19.3. The first-order chi connectivity index (χ1) is 13.0. The summed E-state index contributed by atoms with van der Waals surface area (Å²) >= 11 is 0. The number of halogens is 2. The minimum Gasteiger partial charge on any atom is -0.437 e. The molecule has 0 aliphatic heterocycles. The molecule has 0 radical (unpaired) electrons. The largest absolute Gasteiger partial charge is 0.437 e. The highest BCUT2D eigenvalue weighted by molar-refractivity contribution is 5.96. The van der Waals surface area contributed by atoms with Crippen molar-refractivity contribution in [2.75, 3.05) is 0 Å². The summed E-state index contributed by atoms with van der Waals surface area (Å²) in [5.41, 5.74) is 1.32. The van der Waals surface area contributed by atoms with Crippen molar-refractivity contribution in [3.05, 3.63) is 79.0 Å². The van der Waals surface area contributed by atoms with Gasteiger partial charge in [0.05, 0.1) is 6.20 Å². The predicted molar refractivity (Wildman–Crippen MR) is 98.9 cm³/mol. The molecule has 0 spiro atoms. The Balaban J connectivity index is 1.74. The van der Waals surface area contributed by atoms with Crippen LogP contribution >= 0.6 is 0 Å². The molecular formula is C21H15F2N3O. The minimum atomic E-state index is -3.00. The molecule has 3 heterocycles. The van der Waals surface area contributed by atoms with Crippen LogP contribution in [0.3, 0.4) is 0 Å². The zero-order valence-corrected chi connectivity index (χ0v) is 14.4. The van der Waals surface area contributed by atoms with Crippen molar-refractivity contribution >= 4 is 10.8 Å². The Labute approximate surface area is 154 Å². The van der Waals surface area contributed by atoms with E-state index in [2.05, 4.69) is 15.0 Å². The fourth-order valence-corrected chi connectivity index (χ4v) is 2.82. The molecule has 0 atom stereocenters. The van der Waals surface area contributed by atoms with Gasteiger partial charge in [0.15, 0.2) is 0 Å². The smallest absolute Gasteiger partial charge is 0.286 e. The predicted octanol–water partition coefficient (Wildman–Crippen LogP) is 5.60. The van der Waals surface area contributed by atoms with E-state index in [1.807, 2.05) is 36.4 Å². The van der Waals surface area contributed by atoms with Crippen molar-refractivity contribution in [3.8, 4) is 22.8 Å². The van der Waals surface area contributed by atoms with Crippen molar-refractivity contribution in [3.63, 3.8) is 0 Å². The summed E-state index contributed by atoms with van der Waals surface area (Å²) in [5.74, 6) is -2.31. The summed E-state index contributed by atoms with van der Waals surface area (Å²) in [7, 11) is 0. The van der Waals surface area contributed by atoms with Crippen molar-refractivity contribution in [2.45, 2.75) is 12.8 Å². The summed E-state index contributed by atoms with van der Waals surface area (Å²) in [6.07, 6.45) is 6.43. The van der Waals surface area contributed by atoms with E-state index in [0.29, 0.717) is 11.6 Å². The zero-order valence-electron chi connectivity index (χ0n) is 14.4. The van der Waals surface area contributed by atoms with Crippen molar-refractivity contribution < 1.29 is 13.5 Å². The van der Waals surface area contributed by atoms with Crippen molar-refractivity contribution in [1.82, 2.24) is 15.0 Å². The third-order valence-corrected chi connectivity index (χ3v) is 4.13. The molecule has 3 aromatic heterocycles. The van der Waals surface area contributed by atoms with E-state index >= 15 is 0 Å². The number of aromatic nitrogens is 3. The number of pyridine rings is 3. The molecule has 4 aromatic rings. The Hall–Kier alpha value is -3.41. The van der Waals surface area contributed by atoms with E-state index in [4.69, 9.17) is 4.74 Å². The molecule has 0 saturated heterocycles. The lowest BCUT2D eigenvalue weighted by Gasteiger charge is -2.13. The Bertz CT molecular complexity index is 1090. The van der Waals surface area contributed by atoms with E-state index in [1.54, 1.807) is 18.6 Å². The van der Waals surface area contributed by atoms with Crippen LogP contribution in [0.1, 0.15) is 12.6 Å². The molecule has 4 nitrogen and oxygen atoms in total. The first-order valence-electron chi connectivity index (χ1n) is 8.33. The maximum atomic E-state index is 13.3. The summed E-state index contributed by atoms with van der Waals surface area (Å²) in [5, 5.41) is 2.02. The van der Waals surface area contributed by atoms with Gasteiger partial charge < -0.3 is 4.74 Å². The van der Waals surface area contributed by atoms with Crippen molar-refractivity contribution in [2.24, 2.45) is 0 Å². The van der Waals surface area contributed by atoms with Gasteiger partial charge in [-0.3, -0.25) is 9.97 Å². The molecule has 0 fully saturated rings. The Morgan fingerprint density at radius 2 is 1.70 bits per heavy atom. The molecule has 0 aliphatic carbocycles. The van der Waals surface area contributed by atoms with Gasteiger partial charge in [0, 0.05) is 42.0 Å². The van der Waals surface area contributed by atoms with E-state index in [1.165, 1.54) is 18.3 Å². The van der Waals surface area contributed by atoms with Gasteiger partial charge in [-0.05, 0) is 29.7 Å². The lowest BCUT2D eigenvalue weighted by atomic mass is 10.0. The number of nitrogens with zero attached hydrogens (tertiary/aromatic N) is 3. The fourth-order valence-electron chi connectivity index (χ4n) is 2.82. The molecule has 27 heavy (non-hydrogen) atoms. The number of rotatable bonds is 4. The summed E-state index contributed by atoms with van der Waals surface area (Å²) in [6.45, 7) is 0.806. The van der Waals surface area contributed by atoms with Gasteiger partial charge in [-0.25, -0.2) is 4.98 Å². The van der Waals surface area contributed by atoms with E-state index in [-0.39, 0.29) is 5.69 Å². The molecule has 0 unspecified atom stereocenters. The molecule has 0 aliphatic rings. The van der Waals surface area contributed by atoms with Crippen LogP contribution in [-0.4, -0.2) is 15.0 Å². The maximum Gasteiger partial charge on any atom is 0.286 e. The number of hydrogen-bond donors (Lipinski definition) is 0. The van der Waals surface area contributed by atoms with Gasteiger partial charge in [0.25, 0.3) is 5.92 Å². The quantitative estimate of drug-likeness (QED) is 0.474. The highest BCUT2D eigenvalue weighted by Crippen LogP contribution is 2.35. The van der Waals surface area contributed by atoms with Gasteiger partial charge in [-0.2, -0.15) is 8.78 Å². The lowest BCUT2D eigenvalue weighted by Crippen LogP contribution is -2.09. The second-order valence-electron chi connectivity index (χ2n) is 6.13. The Morgan fingerprint density at radius 1 is 0.852 bits per heavy atom. The van der Waals surface area contributed by atoms with Crippen LogP contribution in [-0.2, 0) is 5.92 Å². The third kappa shape index (κ3) is 3.46. The summed E-state index contributed by atoms with van der Waals surface area (Å²) in [4.78, 5) is 12.4. The van der Waals surface area contributed by atoms with E-state index in [0.717, 1.165) is 28.8 Å². The number of benzene rings is 1. The number of fused-ring (bicyclic) bond motifs is 1. The average Bonchev–Trinajstić information content (AvgIpc) is 2.68. The van der Waals surface area contributed by atoms with Crippen LogP contribution < -0.4 is 4.74 Å². The van der Waals surface area contributed by atoms with Gasteiger partial charge >= 0.3 is 0 Å². The molecule has 0 saturated carbocycles. The standard InChI is InChI=1S/C21H15F2N3O/c1-21(22,23)19-9-8-15(12-26-19)27-20-17(7-4-10-25-20)18-13-24-11-14-5-2-3-6-16(14)18/h2-13H,1H3. The van der Waals surface area contributed by atoms with E-state index < -0.39 is 5.92 Å². The van der Waals surface area contributed by atoms with Gasteiger partial charge in [0.1, 0.15) is 11.4 Å². The molecule has 4 rings (SSSR count). The van der Waals surface area contributed by atoms with E-state index in [9.17, 15) is 8.78 Å². The van der Waals surface area contributed by atoms with Crippen LogP contribution in [0.5, 0.6) is 11.6 Å². The van der Waals surface area contributed by atoms with Crippen LogP contribution in [0.25, 0.3) is 21.9 Å². The topological polar surface area (TPSA) is 47.9 Å². The van der Waals surface area contributed by atoms with Crippen LogP contribution in [0.15, 0.2) is 73.3 Å². The number of alkyl halides is 2. The first-order valence-corrected chi connectivity index (χ1v) is 8.33. The molecule has 1 aromatic carbocycles. The summed E-state index contributed by atoms with van der Waals surface area (Å²) in [6, 6.07) is 14.3. The molecule has 0 N–H and O–H groups in total. The molecule has 134 valence electrons. The second-order valence-corrected chi connectivity index (χ2v) is 6.13. The fraction of sp³-hybridized carbons (Fsp3) is 0.0952. The first kappa shape index (κ1) is 17.0. The van der Waals surface area contributed by atoms with Gasteiger partial charge in [-0.15, -0.1) is 0 Å². The lowest BCUT2D eigenvalue weighted by molar-refractivity contribution is 0.0127. The van der Waals surface area contributed by atoms with Crippen LogP contribution in [0, 0.1) is 0 Å². The monoisotopic (exact) mass is 363 g/mol. The minimum absolute atomic E-state index is 0.311. The molecule has 0 bridgehead atoms. The highest BCUT2D eigenvalue weighted by Gasteiger charge is 2.25. The van der Waals surface area contributed by atoms with Crippen molar-refractivity contribution in [1.29, 1.82) is 0 Å². The number of ether oxygens (including phenoxy) is 1. The molecule has 6 heteroatoms. The molecular weight excluding hydrogens is 348 g/mol. The normalized spacial score (nSPS) is 11.5. The third-order valence-electron chi connectivity index (χ3n) is 4.13. The van der Waals surface area contributed by atoms with Gasteiger partial charge in [0.2, 0.25) is 5.88 Å².